The summed E-state index contributed by atoms with van der Waals surface area (Å²) in [5.41, 5.74) is 8.36. The number of nitrogens with zero attached hydrogens (tertiary/aromatic N) is 2. The lowest BCUT2D eigenvalue weighted by Gasteiger charge is -2.36. The molecule has 1 saturated carbocycles. The van der Waals surface area contributed by atoms with E-state index in [0.29, 0.717) is 23.7 Å². The lowest BCUT2D eigenvalue weighted by molar-refractivity contribution is -0.0199. The standard InChI is InChI=1S/C14H19N3O2/c1-2-19-11-6-10(7-11)17-13-4-3-9(15)5-12(13)16-14(17)8-18/h3-5,10-11,18H,2,6-8,15H2,1H3. The molecule has 1 aliphatic carbocycles. The molecule has 0 aliphatic heterocycles. The largest absolute Gasteiger partial charge is 0.399 e. The number of anilines is 1. The first-order valence-corrected chi connectivity index (χ1v) is 6.71. The predicted molar refractivity (Wildman–Crippen MR) is 73.8 cm³/mol. The molecular weight excluding hydrogens is 242 g/mol. The molecule has 0 atom stereocenters. The first-order chi connectivity index (χ1) is 9.22. The summed E-state index contributed by atoms with van der Waals surface area (Å²) in [5, 5.41) is 9.48. The van der Waals surface area contributed by atoms with Crippen LogP contribution in [-0.4, -0.2) is 27.4 Å². The molecule has 5 nitrogen and oxygen atoms in total. The van der Waals surface area contributed by atoms with Crippen molar-refractivity contribution in [1.82, 2.24) is 9.55 Å². The van der Waals surface area contributed by atoms with Crippen molar-refractivity contribution in [3.63, 3.8) is 0 Å². The Kier molecular flexibility index (Phi) is 3.16. The molecule has 2 aromatic rings. The van der Waals surface area contributed by atoms with Gasteiger partial charge < -0.3 is 20.1 Å². The van der Waals surface area contributed by atoms with E-state index in [4.69, 9.17) is 10.5 Å². The predicted octanol–water partition coefficient (Wildman–Crippen LogP) is 1.85. The van der Waals surface area contributed by atoms with E-state index in [9.17, 15) is 5.11 Å². The van der Waals surface area contributed by atoms with Crippen LogP contribution in [0, 0.1) is 0 Å². The molecule has 1 aliphatic rings. The zero-order chi connectivity index (χ0) is 13.4. The maximum absolute atomic E-state index is 9.48. The van der Waals surface area contributed by atoms with E-state index < -0.39 is 0 Å². The SMILES string of the molecule is CCOC1CC(n2c(CO)nc3cc(N)ccc32)C1. The van der Waals surface area contributed by atoms with Gasteiger partial charge >= 0.3 is 0 Å². The second-order valence-corrected chi connectivity index (χ2v) is 5.01. The van der Waals surface area contributed by atoms with E-state index in [1.54, 1.807) is 0 Å². The van der Waals surface area contributed by atoms with E-state index in [2.05, 4.69) is 9.55 Å². The second-order valence-electron chi connectivity index (χ2n) is 5.01. The average molecular weight is 261 g/mol. The number of aliphatic hydroxyl groups is 1. The fraction of sp³-hybridized carbons (Fsp3) is 0.500. The number of rotatable bonds is 4. The molecule has 0 bridgehead atoms. The summed E-state index contributed by atoms with van der Waals surface area (Å²) in [7, 11) is 0. The van der Waals surface area contributed by atoms with Crippen LogP contribution in [0.4, 0.5) is 5.69 Å². The lowest BCUT2D eigenvalue weighted by atomic mass is 9.88. The van der Waals surface area contributed by atoms with E-state index in [1.807, 2.05) is 25.1 Å². The fourth-order valence-corrected chi connectivity index (χ4v) is 2.81. The Hall–Kier alpha value is -1.59. The zero-order valence-electron chi connectivity index (χ0n) is 11.0. The van der Waals surface area contributed by atoms with Crippen molar-refractivity contribution in [3.05, 3.63) is 24.0 Å². The topological polar surface area (TPSA) is 73.3 Å². The third-order valence-corrected chi connectivity index (χ3v) is 3.77. The summed E-state index contributed by atoms with van der Waals surface area (Å²) in [6, 6.07) is 6.07. The van der Waals surface area contributed by atoms with Crippen molar-refractivity contribution < 1.29 is 9.84 Å². The monoisotopic (exact) mass is 261 g/mol. The van der Waals surface area contributed by atoms with Crippen molar-refractivity contribution in [3.8, 4) is 0 Å². The van der Waals surface area contributed by atoms with Gasteiger partial charge in [-0.1, -0.05) is 0 Å². The fourth-order valence-electron chi connectivity index (χ4n) is 2.81. The molecule has 3 rings (SSSR count). The minimum atomic E-state index is -0.0512. The van der Waals surface area contributed by atoms with Crippen LogP contribution >= 0.6 is 0 Å². The number of hydrogen-bond acceptors (Lipinski definition) is 4. The van der Waals surface area contributed by atoms with Crippen molar-refractivity contribution in [2.75, 3.05) is 12.3 Å². The summed E-state index contributed by atoms with van der Waals surface area (Å²) < 4.78 is 7.72. The highest BCUT2D eigenvalue weighted by atomic mass is 16.5. The summed E-state index contributed by atoms with van der Waals surface area (Å²) in [5.74, 6) is 0.709. The Morgan fingerprint density at radius 3 is 2.95 bits per heavy atom. The zero-order valence-corrected chi connectivity index (χ0v) is 11.0. The van der Waals surface area contributed by atoms with Gasteiger partial charge in [0.05, 0.1) is 17.1 Å². The van der Waals surface area contributed by atoms with E-state index >= 15 is 0 Å². The number of fused-ring (bicyclic) bond motifs is 1. The molecular formula is C14H19N3O2. The minimum Gasteiger partial charge on any atom is -0.399 e. The van der Waals surface area contributed by atoms with Gasteiger partial charge in [-0.3, -0.25) is 0 Å². The summed E-state index contributed by atoms with van der Waals surface area (Å²) in [6.07, 6.45) is 2.31. The van der Waals surface area contributed by atoms with Crippen LogP contribution in [0.2, 0.25) is 0 Å². The minimum absolute atomic E-state index is 0.0512. The molecule has 5 heteroatoms. The van der Waals surface area contributed by atoms with Crippen LogP contribution in [0.1, 0.15) is 31.6 Å². The van der Waals surface area contributed by atoms with Gasteiger partial charge in [-0.15, -0.1) is 0 Å². The van der Waals surface area contributed by atoms with E-state index in [-0.39, 0.29) is 6.61 Å². The van der Waals surface area contributed by atoms with Gasteiger partial charge in [0.2, 0.25) is 0 Å². The van der Waals surface area contributed by atoms with Crippen molar-refractivity contribution in [1.29, 1.82) is 0 Å². The van der Waals surface area contributed by atoms with Crippen LogP contribution in [-0.2, 0) is 11.3 Å². The molecule has 1 aromatic heterocycles. The van der Waals surface area contributed by atoms with Gasteiger partial charge in [0, 0.05) is 18.3 Å². The molecule has 0 saturated heterocycles. The summed E-state index contributed by atoms with van der Waals surface area (Å²) in [6.45, 7) is 2.72. The van der Waals surface area contributed by atoms with Gasteiger partial charge in [-0.05, 0) is 38.0 Å². The number of nitrogen functional groups attached to an aromatic ring is 1. The van der Waals surface area contributed by atoms with Crippen LogP contribution < -0.4 is 5.73 Å². The first kappa shape index (κ1) is 12.4. The van der Waals surface area contributed by atoms with Gasteiger partial charge in [0.25, 0.3) is 0 Å². The Labute approximate surface area is 112 Å². The van der Waals surface area contributed by atoms with Gasteiger partial charge in [0.15, 0.2) is 0 Å². The summed E-state index contributed by atoms with van der Waals surface area (Å²) in [4.78, 5) is 4.46. The molecule has 102 valence electrons. The molecule has 1 heterocycles. The molecule has 3 N–H and O–H groups in total. The number of aliphatic hydroxyl groups excluding tert-OH is 1. The summed E-state index contributed by atoms with van der Waals surface area (Å²) >= 11 is 0. The van der Waals surface area contributed by atoms with Crippen LogP contribution in [0.3, 0.4) is 0 Å². The molecule has 0 spiro atoms. The first-order valence-electron chi connectivity index (χ1n) is 6.71. The van der Waals surface area contributed by atoms with Gasteiger partial charge in [-0.2, -0.15) is 0 Å². The second kappa shape index (κ2) is 4.83. The highest BCUT2D eigenvalue weighted by Crippen LogP contribution is 2.38. The third-order valence-electron chi connectivity index (χ3n) is 3.77. The quantitative estimate of drug-likeness (QED) is 0.824. The van der Waals surface area contributed by atoms with E-state index in [1.165, 1.54) is 0 Å². The number of aromatic nitrogens is 2. The van der Waals surface area contributed by atoms with Crippen molar-refractivity contribution in [2.45, 2.75) is 38.5 Å². The van der Waals surface area contributed by atoms with Crippen LogP contribution in [0.15, 0.2) is 18.2 Å². The highest BCUT2D eigenvalue weighted by Gasteiger charge is 2.33. The Bertz CT molecular complexity index is 588. The molecule has 0 unspecified atom stereocenters. The van der Waals surface area contributed by atoms with E-state index in [0.717, 1.165) is 30.5 Å². The third kappa shape index (κ3) is 2.09. The maximum Gasteiger partial charge on any atom is 0.135 e. The van der Waals surface area contributed by atoms with Crippen molar-refractivity contribution >= 4 is 16.7 Å². The normalized spacial score (nSPS) is 22.6. The molecule has 0 amide bonds. The number of hydrogen-bond donors (Lipinski definition) is 2. The Balaban J connectivity index is 1.94. The Morgan fingerprint density at radius 1 is 1.47 bits per heavy atom. The Morgan fingerprint density at radius 2 is 2.26 bits per heavy atom. The number of benzene rings is 1. The van der Waals surface area contributed by atoms with Crippen molar-refractivity contribution in [2.24, 2.45) is 0 Å². The van der Waals surface area contributed by atoms with Crippen LogP contribution in [0.25, 0.3) is 11.0 Å². The number of ether oxygens (including phenoxy) is 1. The van der Waals surface area contributed by atoms with Gasteiger partial charge in [-0.25, -0.2) is 4.98 Å². The smallest absolute Gasteiger partial charge is 0.135 e. The average Bonchev–Trinajstić information content (AvgIpc) is 2.70. The molecule has 1 fully saturated rings. The number of nitrogens with two attached hydrogens (primary N) is 1. The van der Waals surface area contributed by atoms with Gasteiger partial charge in [0.1, 0.15) is 12.4 Å². The van der Waals surface area contributed by atoms with Crippen LogP contribution in [0.5, 0.6) is 0 Å². The highest BCUT2D eigenvalue weighted by molar-refractivity contribution is 5.79. The maximum atomic E-state index is 9.48. The molecule has 19 heavy (non-hydrogen) atoms. The molecule has 0 radical (unpaired) electrons. The number of imidazole rings is 1. The lowest BCUT2D eigenvalue weighted by Crippen LogP contribution is -2.34. The molecule has 1 aromatic carbocycles.